The van der Waals surface area contributed by atoms with Crippen LogP contribution in [-0.2, 0) is 11.3 Å². The molecule has 1 aromatic heterocycles. The highest BCUT2D eigenvalue weighted by Crippen LogP contribution is 2.17. The Morgan fingerprint density at radius 2 is 2.17 bits per heavy atom. The topological polar surface area (TPSA) is 49.0 Å². The van der Waals surface area contributed by atoms with Crippen molar-refractivity contribution < 1.29 is 4.79 Å². The number of aromatic nitrogens is 1. The second-order valence-electron chi connectivity index (χ2n) is 4.43. The third kappa shape index (κ3) is 2.35. The van der Waals surface area contributed by atoms with E-state index in [4.69, 9.17) is 5.26 Å². The van der Waals surface area contributed by atoms with Crippen LogP contribution in [0.15, 0.2) is 30.5 Å². The lowest BCUT2D eigenvalue weighted by Crippen LogP contribution is -2.22. The molecule has 0 N–H and O–H groups in total. The Labute approximate surface area is 106 Å². The van der Waals surface area contributed by atoms with Crippen LogP contribution in [0.1, 0.15) is 12.0 Å². The van der Waals surface area contributed by atoms with Crippen molar-refractivity contribution in [3.05, 3.63) is 36.0 Å². The van der Waals surface area contributed by atoms with Gasteiger partial charge in [-0.3, -0.25) is 4.79 Å². The highest BCUT2D eigenvalue weighted by Gasteiger charge is 2.06. The zero-order valence-corrected chi connectivity index (χ0v) is 10.6. The standard InChI is InChI=1S/C14H15N3O/c1-16(2)14(18)6-8-17-7-5-12-9-11(10-15)3-4-13(12)17/h3-5,7,9H,6,8H2,1-2H3. The van der Waals surface area contributed by atoms with Crippen LogP contribution in [0.5, 0.6) is 0 Å². The Bertz CT molecular complexity index is 619. The fraction of sp³-hybridized carbons (Fsp3) is 0.286. The summed E-state index contributed by atoms with van der Waals surface area (Å²) in [4.78, 5) is 13.1. The Morgan fingerprint density at radius 1 is 1.39 bits per heavy atom. The van der Waals surface area contributed by atoms with Gasteiger partial charge in [0.15, 0.2) is 0 Å². The minimum absolute atomic E-state index is 0.116. The molecule has 4 heteroatoms. The molecule has 0 bridgehead atoms. The SMILES string of the molecule is CN(C)C(=O)CCn1ccc2cc(C#N)ccc21. The Balaban J connectivity index is 2.20. The fourth-order valence-corrected chi connectivity index (χ4v) is 1.90. The molecule has 2 aromatic rings. The number of aryl methyl sites for hydroxylation is 1. The molecule has 0 aliphatic heterocycles. The van der Waals surface area contributed by atoms with Crippen LogP contribution in [-0.4, -0.2) is 29.5 Å². The molecule has 0 fully saturated rings. The van der Waals surface area contributed by atoms with Crippen LogP contribution < -0.4 is 0 Å². The van der Waals surface area contributed by atoms with Gasteiger partial charge in [-0.05, 0) is 24.3 Å². The first-order chi connectivity index (χ1) is 8.61. The van der Waals surface area contributed by atoms with Gasteiger partial charge in [0.05, 0.1) is 11.6 Å². The molecule has 0 saturated carbocycles. The van der Waals surface area contributed by atoms with Crippen molar-refractivity contribution in [1.29, 1.82) is 5.26 Å². The van der Waals surface area contributed by atoms with E-state index in [-0.39, 0.29) is 5.91 Å². The second-order valence-corrected chi connectivity index (χ2v) is 4.43. The summed E-state index contributed by atoms with van der Waals surface area (Å²) in [7, 11) is 3.52. The molecule has 0 saturated heterocycles. The van der Waals surface area contributed by atoms with Crippen LogP contribution >= 0.6 is 0 Å². The van der Waals surface area contributed by atoms with Gasteiger partial charge in [0, 0.05) is 44.2 Å². The van der Waals surface area contributed by atoms with Crippen LogP contribution in [0, 0.1) is 11.3 Å². The van der Waals surface area contributed by atoms with Crippen LogP contribution in [0.2, 0.25) is 0 Å². The number of nitrogens with zero attached hydrogens (tertiary/aromatic N) is 3. The first-order valence-corrected chi connectivity index (χ1v) is 5.81. The van der Waals surface area contributed by atoms with E-state index in [0.717, 1.165) is 10.9 Å². The minimum atomic E-state index is 0.116. The van der Waals surface area contributed by atoms with Gasteiger partial charge in [0.25, 0.3) is 0 Å². The van der Waals surface area contributed by atoms with Gasteiger partial charge in [0.1, 0.15) is 0 Å². The van der Waals surface area contributed by atoms with Gasteiger partial charge in [0.2, 0.25) is 5.91 Å². The number of carbonyl (C=O) groups is 1. The van der Waals surface area contributed by atoms with Gasteiger partial charge in [-0.25, -0.2) is 0 Å². The normalized spacial score (nSPS) is 10.3. The number of rotatable bonds is 3. The van der Waals surface area contributed by atoms with Crippen molar-refractivity contribution in [2.24, 2.45) is 0 Å². The summed E-state index contributed by atoms with van der Waals surface area (Å²) in [6.07, 6.45) is 2.44. The Morgan fingerprint density at radius 3 is 2.83 bits per heavy atom. The summed E-state index contributed by atoms with van der Waals surface area (Å²) >= 11 is 0. The van der Waals surface area contributed by atoms with E-state index in [1.54, 1.807) is 25.1 Å². The van der Waals surface area contributed by atoms with Gasteiger partial charge in [-0.2, -0.15) is 5.26 Å². The maximum atomic E-state index is 11.5. The average molecular weight is 241 g/mol. The van der Waals surface area contributed by atoms with E-state index < -0.39 is 0 Å². The van der Waals surface area contributed by atoms with E-state index in [9.17, 15) is 4.79 Å². The van der Waals surface area contributed by atoms with Crippen molar-refractivity contribution in [3.63, 3.8) is 0 Å². The van der Waals surface area contributed by atoms with Gasteiger partial charge in [-0.1, -0.05) is 0 Å². The Kier molecular flexibility index (Phi) is 3.33. The maximum absolute atomic E-state index is 11.5. The second kappa shape index (κ2) is 4.92. The highest BCUT2D eigenvalue weighted by molar-refractivity contribution is 5.82. The van der Waals surface area contributed by atoms with Crippen molar-refractivity contribution in [3.8, 4) is 6.07 Å². The summed E-state index contributed by atoms with van der Waals surface area (Å²) in [5.74, 6) is 0.116. The Hall–Kier alpha value is -2.28. The minimum Gasteiger partial charge on any atom is -0.349 e. The van der Waals surface area contributed by atoms with Gasteiger partial charge < -0.3 is 9.47 Å². The van der Waals surface area contributed by atoms with Crippen LogP contribution in [0.25, 0.3) is 10.9 Å². The van der Waals surface area contributed by atoms with Gasteiger partial charge in [-0.15, -0.1) is 0 Å². The number of hydrogen-bond acceptors (Lipinski definition) is 2. The third-order valence-electron chi connectivity index (χ3n) is 2.97. The molecule has 0 atom stereocenters. The number of hydrogen-bond donors (Lipinski definition) is 0. The molecule has 0 aliphatic carbocycles. The summed E-state index contributed by atoms with van der Waals surface area (Å²) in [5.41, 5.74) is 1.71. The molecule has 1 amide bonds. The molecular formula is C14H15N3O. The van der Waals surface area contributed by atoms with E-state index >= 15 is 0 Å². The summed E-state index contributed by atoms with van der Waals surface area (Å²) in [6, 6.07) is 9.68. The van der Waals surface area contributed by atoms with Crippen molar-refractivity contribution >= 4 is 16.8 Å². The smallest absolute Gasteiger partial charge is 0.223 e. The van der Waals surface area contributed by atoms with Gasteiger partial charge >= 0.3 is 0 Å². The predicted octanol–water partition coefficient (Wildman–Crippen LogP) is 1.99. The first kappa shape index (κ1) is 12.2. The number of carbonyl (C=O) groups excluding carboxylic acids is 1. The largest absolute Gasteiger partial charge is 0.349 e. The lowest BCUT2D eigenvalue weighted by Gasteiger charge is -2.11. The van der Waals surface area contributed by atoms with E-state index in [1.165, 1.54) is 0 Å². The fourth-order valence-electron chi connectivity index (χ4n) is 1.90. The van der Waals surface area contributed by atoms with E-state index in [2.05, 4.69) is 6.07 Å². The maximum Gasteiger partial charge on any atom is 0.223 e. The summed E-state index contributed by atoms with van der Waals surface area (Å²) in [5, 5.41) is 9.87. The van der Waals surface area contributed by atoms with Crippen LogP contribution in [0.4, 0.5) is 0 Å². The molecule has 0 aliphatic rings. The molecule has 1 aromatic carbocycles. The molecule has 92 valence electrons. The van der Waals surface area contributed by atoms with Crippen molar-refractivity contribution in [2.45, 2.75) is 13.0 Å². The number of amides is 1. The molecule has 0 radical (unpaired) electrons. The molecule has 0 unspecified atom stereocenters. The van der Waals surface area contributed by atoms with Crippen LogP contribution in [0.3, 0.4) is 0 Å². The molecular weight excluding hydrogens is 226 g/mol. The third-order valence-corrected chi connectivity index (χ3v) is 2.97. The lowest BCUT2D eigenvalue weighted by atomic mass is 10.2. The molecule has 18 heavy (non-hydrogen) atoms. The monoisotopic (exact) mass is 241 g/mol. The zero-order chi connectivity index (χ0) is 13.1. The quantitative estimate of drug-likeness (QED) is 0.825. The van der Waals surface area contributed by atoms with E-state index in [0.29, 0.717) is 18.5 Å². The summed E-state index contributed by atoms with van der Waals surface area (Å²) < 4.78 is 2.04. The predicted molar refractivity (Wildman–Crippen MR) is 70.0 cm³/mol. The molecule has 0 spiro atoms. The average Bonchev–Trinajstić information content (AvgIpc) is 2.77. The first-order valence-electron chi connectivity index (χ1n) is 5.81. The lowest BCUT2D eigenvalue weighted by molar-refractivity contribution is -0.128. The number of benzene rings is 1. The zero-order valence-electron chi connectivity index (χ0n) is 10.6. The molecule has 2 rings (SSSR count). The van der Waals surface area contributed by atoms with Crippen molar-refractivity contribution in [2.75, 3.05) is 14.1 Å². The number of nitriles is 1. The van der Waals surface area contributed by atoms with Crippen molar-refractivity contribution in [1.82, 2.24) is 9.47 Å². The molecule has 1 heterocycles. The van der Waals surface area contributed by atoms with E-state index in [1.807, 2.05) is 29.0 Å². The number of fused-ring (bicyclic) bond motifs is 1. The highest BCUT2D eigenvalue weighted by atomic mass is 16.2. The molecule has 4 nitrogen and oxygen atoms in total. The summed E-state index contributed by atoms with van der Waals surface area (Å²) in [6.45, 7) is 0.659.